The lowest BCUT2D eigenvalue weighted by molar-refractivity contribution is -0.144. The Balaban J connectivity index is 2.14. The van der Waals surface area contributed by atoms with E-state index in [2.05, 4.69) is 4.98 Å². The van der Waals surface area contributed by atoms with Crippen LogP contribution in [-0.2, 0) is 9.53 Å². The van der Waals surface area contributed by atoms with E-state index in [1.807, 2.05) is 19.0 Å². The maximum Gasteiger partial charge on any atom is 0.325 e. The summed E-state index contributed by atoms with van der Waals surface area (Å²) >= 11 is 0. The molecule has 0 aromatic carbocycles. The Kier molecular flexibility index (Phi) is 4.77. The zero-order chi connectivity index (χ0) is 15.4. The predicted octanol–water partition coefficient (Wildman–Crippen LogP) is 1.32. The predicted molar refractivity (Wildman–Crippen MR) is 79.3 cm³/mol. The van der Waals surface area contributed by atoms with Crippen LogP contribution in [0.5, 0.6) is 0 Å². The van der Waals surface area contributed by atoms with Crippen LogP contribution in [0, 0.1) is 0 Å². The highest BCUT2D eigenvalue weighted by Crippen LogP contribution is 2.28. The first kappa shape index (κ1) is 15.3. The lowest BCUT2D eigenvalue weighted by Crippen LogP contribution is -2.38. The monoisotopic (exact) mass is 291 g/mol. The maximum atomic E-state index is 12.6. The van der Waals surface area contributed by atoms with Crippen molar-refractivity contribution in [1.82, 2.24) is 9.88 Å². The van der Waals surface area contributed by atoms with Crippen molar-refractivity contribution in [2.45, 2.75) is 25.8 Å². The third kappa shape index (κ3) is 3.93. The first-order chi connectivity index (χ1) is 10.0. The van der Waals surface area contributed by atoms with Gasteiger partial charge >= 0.3 is 5.97 Å². The molecular weight excluding hydrogens is 270 g/mol. The highest BCUT2D eigenvalue weighted by Gasteiger charge is 2.34. The van der Waals surface area contributed by atoms with Crippen LogP contribution in [0.2, 0.25) is 0 Å². The van der Waals surface area contributed by atoms with Crippen LogP contribution in [0.25, 0.3) is 0 Å². The van der Waals surface area contributed by atoms with E-state index in [1.54, 1.807) is 30.2 Å². The van der Waals surface area contributed by atoms with Gasteiger partial charge in [0.1, 0.15) is 12.4 Å². The molecule has 0 atom stereocenters. The number of hydrogen-bond donors (Lipinski definition) is 0. The molecule has 1 fully saturated rings. The summed E-state index contributed by atoms with van der Waals surface area (Å²) in [6, 6.07) is 3.57. The standard InChI is InChI=1S/C15H21N3O3/c1-4-21-14(19)10-18(12-5-6-12)15(20)11-7-8-16-13(9-11)17(2)3/h7-9,12H,4-6,10H2,1-3H3. The molecule has 0 bridgehead atoms. The fourth-order valence-electron chi connectivity index (χ4n) is 2.06. The number of hydrogen-bond acceptors (Lipinski definition) is 5. The number of nitrogens with zero attached hydrogens (tertiary/aromatic N) is 3. The van der Waals surface area contributed by atoms with Crippen LogP contribution in [0.15, 0.2) is 18.3 Å². The molecule has 0 N–H and O–H groups in total. The first-order valence-corrected chi connectivity index (χ1v) is 7.13. The molecule has 0 unspecified atom stereocenters. The molecule has 1 saturated carbocycles. The van der Waals surface area contributed by atoms with E-state index in [-0.39, 0.29) is 24.5 Å². The quantitative estimate of drug-likeness (QED) is 0.740. The molecule has 114 valence electrons. The summed E-state index contributed by atoms with van der Waals surface area (Å²) in [7, 11) is 3.74. The molecule has 0 spiro atoms. The summed E-state index contributed by atoms with van der Waals surface area (Å²) in [6.45, 7) is 2.09. The normalized spacial score (nSPS) is 13.7. The fourth-order valence-corrected chi connectivity index (χ4v) is 2.06. The van der Waals surface area contributed by atoms with E-state index < -0.39 is 0 Å². The lowest BCUT2D eigenvalue weighted by atomic mass is 10.2. The molecule has 0 saturated heterocycles. The first-order valence-electron chi connectivity index (χ1n) is 7.13. The van der Waals surface area contributed by atoms with E-state index in [4.69, 9.17) is 4.74 Å². The summed E-state index contributed by atoms with van der Waals surface area (Å²) in [6.07, 6.45) is 3.49. The average Bonchev–Trinajstić information content (AvgIpc) is 3.29. The highest BCUT2D eigenvalue weighted by molar-refractivity contribution is 5.97. The second-order valence-corrected chi connectivity index (χ2v) is 5.27. The number of pyridine rings is 1. The van der Waals surface area contributed by atoms with Crippen molar-refractivity contribution in [3.8, 4) is 0 Å². The minimum atomic E-state index is -0.361. The van der Waals surface area contributed by atoms with Crippen LogP contribution < -0.4 is 4.90 Å². The Hall–Kier alpha value is -2.11. The molecule has 0 radical (unpaired) electrons. The number of amides is 1. The SMILES string of the molecule is CCOC(=O)CN(C(=O)c1ccnc(N(C)C)c1)C1CC1. The van der Waals surface area contributed by atoms with Gasteiger partial charge in [-0.3, -0.25) is 9.59 Å². The maximum absolute atomic E-state index is 12.6. The van der Waals surface area contributed by atoms with Crippen LogP contribution >= 0.6 is 0 Å². The van der Waals surface area contributed by atoms with Gasteiger partial charge in [0.05, 0.1) is 6.61 Å². The average molecular weight is 291 g/mol. The molecule has 1 aliphatic carbocycles. The van der Waals surface area contributed by atoms with Gasteiger partial charge < -0.3 is 14.5 Å². The Morgan fingerprint density at radius 3 is 2.67 bits per heavy atom. The number of carbonyl (C=O) groups is 2. The molecule has 1 aliphatic rings. The molecule has 1 heterocycles. The Bertz CT molecular complexity index is 527. The second kappa shape index (κ2) is 6.56. The van der Waals surface area contributed by atoms with Gasteiger partial charge in [-0.15, -0.1) is 0 Å². The van der Waals surface area contributed by atoms with Crippen molar-refractivity contribution in [2.24, 2.45) is 0 Å². The van der Waals surface area contributed by atoms with Crippen molar-refractivity contribution in [2.75, 3.05) is 32.1 Å². The third-order valence-corrected chi connectivity index (χ3v) is 3.30. The number of esters is 1. The number of anilines is 1. The van der Waals surface area contributed by atoms with Gasteiger partial charge in [0.25, 0.3) is 5.91 Å². The summed E-state index contributed by atoms with van der Waals surface area (Å²) in [5, 5.41) is 0. The number of rotatable bonds is 6. The molecule has 0 aliphatic heterocycles. The van der Waals surface area contributed by atoms with Crippen LogP contribution in [0.4, 0.5) is 5.82 Å². The minimum absolute atomic E-state index is 0.0109. The van der Waals surface area contributed by atoms with E-state index in [1.165, 1.54) is 0 Å². The molecule has 21 heavy (non-hydrogen) atoms. The van der Waals surface area contributed by atoms with E-state index in [9.17, 15) is 9.59 Å². The van der Waals surface area contributed by atoms with Crippen molar-refractivity contribution in [3.05, 3.63) is 23.9 Å². The molecule has 1 aromatic rings. The summed E-state index contributed by atoms with van der Waals surface area (Å²) in [4.78, 5) is 31.9. The molecule has 6 heteroatoms. The van der Waals surface area contributed by atoms with E-state index >= 15 is 0 Å². The smallest absolute Gasteiger partial charge is 0.325 e. The number of carbonyl (C=O) groups excluding carboxylic acids is 2. The van der Waals surface area contributed by atoms with Gasteiger partial charge in [0.15, 0.2) is 0 Å². The molecule has 1 amide bonds. The van der Waals surface area contributed by atoms with E-state index in [0.29, 0.717) is 18.0 Å². The fraction of sp³-hybridized carbons (Fsp3) is 0.533. The molecule has 1 aromatic heterocycles. The van der Waals surface area contributed by atoms with Gasteiger partial charge in [0, 0.05) is 31.9 Å². The number of ether oxygens (including phenoxy) is 1. The van der Waals surface area contributed by atoms with Gasteiger partial charge in [0.2, 0.25) is 0 Å². The largest absolute Gasteiger partial charge is 0.465 e. The Morgan fingerprint density at radius 1 is 1.38 bits per heavy atom. The lowest BCUT2D eigenvalue weighted by Gasteiger charge is -2.22. The Labute approximate surface area is 124 Å². The zero-order valence-corrected chi connectivity index (χ0v) is 12.7. The summed E-state index contributed by atoms with van der Waals surface area (Å²) < 4.78 is 4.94. The van der Waals surface area contributed by atoms with Crippen molar-refractivity contribution in [3.63, 3.8) is 0 Å². The highest BCUT2D eigenvalue weighted by atomic mass is 16.5. The minimum Gasteiger partial charge on any atom is -0.465 e. The molecule has 6 nitrogen and oxygen atoms in total. The van der Waals surface area contributed by atoms with Gasteiger partial charge in [-0.1, -0.05) is 0 Å². The third-order valence-electron chi connectivity index (χ3n) is 3.30. The molecular formula is C15H21N3O3. The zero-order valence-electron chi connectivity index (χ0n) is 12.7. The van der Waals surface area contributed by atoms with Crippen LogP contribution in [0.1, 0.15) is 30.1 Å². The second-order valence-electron chi connectivity index (χ2n) is 5.27. The van der Waals surface area contributed by atoms with Gasteiger partial charge in [-0.2, -0.15) is 0 Å². The summed E-state index contributed by atoms with van der Waals surface area (Å²) in [5.74, 6) is 0.212. The summed E-state index contributed by atoms with van der Waals surface area (Å²) in [5.41, 5.74) is 0.546. The van der Waals surface area contributed by atoms with Crippen molar-refractivity contribution >= 4 is 17.7 Å². The number of aromatic nitrogens is 1. The van der Waals surface area contributed by atoms with Gasteiger partial charge in [-0.25, -0.2) is 4.98 Å². The molecule has 2 rings (SSSR count). The van der Waals surface area contributed by atoms with Crippen molar-refractivity contribution in [1.29, 1.82) is 0 Å². The topological polar surface area (TPSA) is 62.7 Å². The van der Waals surface area contributed by atoms with Crippen LogP contribution in [0.3, 0.4) is 0 Å². The van der Waals surface area contributed by atoms with Crippen molar-refractivity contribution < 1.29 is 14.3 Å². The van der Waals surface area contributed by atoms with E-state index in [0.717, 1.165) is 12.8 Å². The van der Waals surface area contributed by atoms with Gasteiger partial charge in [-0.05, 0) is 31.9 Å². The van der Waals surface area contributed by atoms with Crippen LogP contribution in [-0.4, -0.2) is 55.0 Å². The Morgan fingerprint density at radius 2 is 2.10 bits per heavy atom.